The van der Waals surface area contributed by atoms with Gasteiger partial charge in [-0.1, -0.05) is 0 Å². The molecule has 0 spiro atoms. The van der Waals surface area contributed by atoms with Crippen LogP contribution in [0.25, 0.3) is 5.70 Å². The summed E-state index contributed by atoms with van der Waals surface area (Å²) in [5, 5.41) is 18.5. The predicted molar refractivity (Wildman–Crippen MR) is 135 cm³/mol. The molecule has 3 heterocycles. The van der Waals surface area contributed by atoms with Crippen LogP contribution in [-0.2, 0) is 14.3 Å². The number of aliphatic carboxylic acids is 1. The number of carboxylic acids is 1. The Kier molecular flexibility index (Phi) is 7.32. The van der Waals surface area contributed by atoms with Gasteiger partial charge in [0, 0.05) is 18.8 Å². The fraction of sp³-hybridized carbons (Fsp3) is 0.519. The zero-order valence-corrected chi connectivity index (χ0v) is 21.5. The summed E-state index contributed by atoms with van der Waals surface area (Å²) in [7, 11) is 0. The molecule has 0 amide bonds. The maximum absolute atomic E-state index is 15.1. The smallest absolute Gasteiger partial charge is 0.309 e. The Labute approximate surface area is 219 Å². The van der Waals surface area contributed by atoms with Gasteiger partial charge in [-0.15, -0.1) is 0 Å². The summed E-state index contributed by atoms with van der Waals surface area (Å²) in [5.41, 5.74) is 0.414. The summed E-state index contributed by atoms with van der Waals surface area (Å²) in [6.07, 6.45) is 4.54. The van der Waals surface area contributed by atoms with Crippen molar-refractivity contribution in [1.29, 1.82) is 0 Å². The van der Waals surface area contributed by atoms with Crippen molar-refractivity contribution >= 4 is 17.4 Å². The number of nitrogens with zero attached hydrogens (tertiary/aromatic N) is 1. The number of hydrogen-bond donors (Lipinski definition) is 4. The van der Waals surface area contributed by atoms with E-state index in [1.807, 2.05) is 4.90 Å². The third-order valence-corrected chi connectivity index (χ3v) is 7.96. The second kappa shape index (κ2) is 10.5. The molecule has 2 atom stereocenters. The van der Waals surface area contributed by atoms with Gasteiger partial charge < -0.3 is 30.1 Å². The van der Waals surface area contributed by atoms with Crippen LogP contribution < -0.4 is 20.9 Å². The van der Waals surface area contributed by atoms with Crippen molar-refractivity contribution in [3.63, 3.8) is 0 Å². The van der Waals surface area contributed by atoms with Gasteiger partial charge in [0.1, 0.15) is 23.6 Å². The van der Waals surface area contributed by atoms with E-state index in [-0.39, 0.29) is 11.6 Å². The number of anilines is 1. The molecule has 2 saturated heterocycles. The number of carboxylic acid groups (broad SMARTS) is 1. The molecular weight excluding hydrogens is 501 g/mol. The van der Waals surface area contributed by atoms with E-state index in [4.69, 9.17) is 9.47 Å². The predicted octanol–water partition coefficient (Wildman–Crippen LogP) is 3.93. The van der Waals surface area contributed by atoms with Gasteiger partial charge in [0.25, 0.3) is 0 Å². The van der Waals surface area contributed by atoms with Crippen molar-refractivity contribution in [3.8, 4) is 0 Å². The number of rotatable bonds is 6. The van der Waals surface area contributed by atoms with Gasteiger partial charge in [-0.3, -0.25) is 4.79 Å². The third kappa shape index (κ3) is 5.22. The van der Waals surface area contributed by atoms with E-state index in [0.29, 0.717) is 37.7 Å². The Bertz CT molecular complexity index is 1160. The molecule has 1 aromatic rings. The van der Waals surface area contributed by atoms with Gasteiger partial charge in [0.05, 0.1) is 41.8 Å². The van der Waals surface area contributed by atoms with Gasteiger partial charge in [-0.05, 0) is 69.2 Å². The quantitative estimate of drug-likeness (QED) is 0.408. The molecule has 0 bridgehead atoms. The standard InChI is InChI=1S/C27H33F3N4O4/c1-27(2,25(35)36)16-5-3-15(4-6-16)14-38-26-31-21-13-20(30)23(32-24(21)33-26)22-18(28)11-17(12-19(22)29)34-7-9-37-10-8-34/h11-14,16,24,26,31-33H,3-10H2,1-2H3,(H,35,36). The number of allylic oxidation sites excluding steroid dienone is 3. The normalized spacial score (nSPS) is 25.8. The highest BCUT2D eigenvalue weighted by Gasteiger charge is 2.38. The first-order valence-corrected chi connectivity index (χ1v) is 12.9. The zero-order chi connectivity index (χ0) is 27.0. The molecule has 4 aliphatic rings. The zero-order valence-electron chi connectivity index (χ0n) is 21.5. The van der Waals surface area contributed by atoms with Crippen LogP contribution >= 0.6 is 0 Å². The van der Waals surface area contributed by atoms with E-state index < -0.39 is 46.9 Å². The van der Waals surface area contributed by atoms with Crippen LogP contribution in [0.15, 0.2) is 41.6 Å². The van der Waals surface area contributed by atoms with Crippen LogP contribution in [0.1, 0.15) is 45.1 Å². The summed E-state index contributed by atoms with van der Waals surface area (Å²) in [6.45, 7) is 5.52. The second-order valence-electron chi connectivity index (χ2n) is 10.7. The van der Waals surface area contributed by atoms with Crippen molar-refractivity contribution in [2.45, 2.75) is 52.0 Å². The van der Waals surface area contributed by atoms with Crippen LogP contribution in [0, 0.1) is 23.0 Å². The van der Waals surface area contributed by atoms with E-state index >= 15 is 8.78 Å². The Balaban J connectivity index is 1.21. The van der Waals surface area contributed by atoms with Gasteiger partial charge in [0.15, 0.2) is 0 Å². The van der Waals surface area contributed by atoms with E-state index in [2.05, 4.69) is 16.0 Å². The van der Waals surface area contributed by atoms with Crippen LogP contribution in [0.3, 0.4) is 0 Å². The largest absolute Gasteiger partial charge is 0.481 e. The lowest BCUT2D eigenvalue weighted by molar-refractivity contribution is -0.150. The molecule has 1 aromatic carbocycles. The molecule has 1 aliphatic carbocycles. The molecule has 0 radical (unpaired) electrons. The number of dihydropyridines is 1. The topological polar surface area (TPSA) is 95.1 Å². The maximum Gasteiger partial charge on any atom is 0.309 e. The lowest BCUT2D eigenvalue weighted by atomic mass is 9.70. The molecule has 3 aliphatic heterocycles. The first-order valence-electron chi connectivity index (χ1n) is 12.9. The van der Waals surface area contributed by atoms with Crippen LogP contribution in [0.5, 0.6) is 0 Å². The van der Waals surface area contributed by atoms with E-state index in [1.54, 1.807) is 20.1 Å². The van der Waals surface area contributed by atoms with Crippen LogP contribution in [0.4, 0.5) is 18.9 Å². The highest BCUT2D eigenvalue weighted by Crippen LogP contribution is 2.40. The minimum absolute atomic E-state index is 0.0910. The van der Waals surface area contributed by atoms with E-state index in [0.717, 1.165) is 31.3 Å². The number of ether oxygens (including phenoxy) is 2. The summed E-state index contributed by atoms with van der Waals surface area (Å²) < 4.78 is 56.2. The summed E-state index contributed by atoms with van der Waals surface area (Å²) in [6, 6.07) is 2.44. The average Bonchev–Trinajstić information content (AvgIpc) is 3.29. The summed E-state index contributed by atoms with van der Waals surface area (Å²) in [4.78, 5) is 13.4. The molecule has 5 rings (SSSR count). The average molecular weight is 535 g/mol. The fourth-order valence-electron chi connectivity index (χ4n) is 5.42. The first-order chi connectivity index (χ1) is 18.1. The number of fused-ring (bicyclic) bond motifs is 1. The molecule has 38 heavy (non-hydrogen) atoms. The van der Waals surface area contributed by atoms with Gasteiger partial charge >= 0.3 is 5.97 Å². The molecule has 4 N–H and O–H groups in total. The minimum Gasteiger partial charge on any atom is -0.481 e. The SMILES string of the molecule is CC(C)(C(=O)O)C1CCC(=COC2NC3=CC(F)=C(c4c(F)cc(N5CCOCC5)cc4F)NC3N2)CC1. The Morgan fingerprint density at radius 2 is 1.79 bits per heavy atom. The first kappa shape index (κ1) is 26.4. The van der Waals surface area contributed by atoms with Crippen molar-refractivity contribution in [1.82, 2.24) is 16.0 Å². The highest BCUT2D eigenvalue weighted by atomic mass is 19.1. The van der Waals surface area contributed by atoms with Crippen molar-refractivity contribution < 1.29 is 32.5 Å². The highest BCUT2D eigenvalue weighted by molar-refractivity contribution is 5.74. The number of hydrogen-bond acceptors (Lipinski definition) is 7. The molecular formula is C27H33F3N4O4. The molecule has 8 nitrogen and oxygen atoms in total. The second-order valence-corrected chi connectivity index (χ2v) is 10.7. The van der Waals surface area contributed by atoms with Crippen LogP contribution in [0.2, 0.25) is 0 Å². The molecule has 3 fully saturated rings. The molecule has 0 aromatic heterocycles. The lowest BCUT2D eigenvalue weighted by Gasteiger charge is -2.34. The lowest BCUT2D eigenvalue weighted by Crippen LogP contribution is -2.43. The third-order valence-electron chi connectivity index (χ3n) is 7.96. The van der Waals surface area contributed by atoms with Gasteiger partial charge in [-0.25, -0.2) is 18.5 Å². The van der Waals surface area contributed by atoms with Crippen molar-refractivity contribution in [3.05, 3.63) is 58.8 Å². The minimum atomic E-state index is -0.855. The van der Waals surface area contributed by atoms with E-state index in [1.165, 1.54) is 18.2 Å². The number of halogens is 3. The molecule has 11 heteroatoms. The Hall–Kier alpha value is -3.18. The van der Waals surface area contributed by atoms with Crippen molar-refractivity contribution in [2.24, 2.45) is 11.3 Å². The number of morpholine rings is 1. The molecule has 1 saturated carbocycles. The fourth-order valence-corrected chi connectivity index (χ4v) is 5.42. The Morgan fingerprint density at radius 3 is 2.42 bits per heavy atom. The Morgan fingerprint density at radius 1 is 1.13 bits per heavy atom. The monoisotopic (exact) mass is 534 g/mol. The maximum atomic E-state index is 15.1. The number of benzene rings is 1. The number of nitrogens with one attached hydrogen (secondary N) is 3. The summed E-state index contributed by atoms with van der Waals surface area (Å²) in [5.74, 6) is -3.20. The van der Waals surface area contributed by atoms with Crippen molar-refractivity contribution in [2.75, 3.05) is 31.2 Å². The van der Waals surface area contributed by atoms with Gasteiger partial charge in [-0.2, -0.15) is 0 Å². The van der Waals surface area contributed by atoms with E-state index in [9.17, 15) is 14.3 Å². The molecule has 206 valence electrons. The number of carbonyl (C=O) groups is 1. The van der Waals surface area contributed by atoms with Gasteiger partial charge in [0.2, 0.25) is 6.35 Å². The van der Waals surface area contributed by atoms with Crippen LogP contribution in [-0.4, -0.2) is 49.9 Å². The molecule has 2 unspecified atom stereocenters. The summed E-state index contributed by atoms with van der Waals surface area (Å²) >= 11 is 0.